The highest BCUT2D eigenvalue weighted by molar-refractivity contribution is 7.98. The molecule has 0 amide bonds. The standard InChI is InChI=1S/C15H18N4S/c1-18-12(3-6-17-18)4-7-19-8-5-13-14(19)9-11(16)10-15(13)20-2/h3,5-6,8-10H,4,7,16H2,1-2H3. The third kappa shape index (κ3) is 2.29. The Hall–Kier alpha value is -1.88. The molecule has 0 aliphatic carbocycles. The lowest BCUT2D eigenvalue weighted by Crippen LogP contribution is -2.04. The lowest BCUT2D eigenvalue weighted by molar-refractivity contribution is 0.649. The van der Waals surface area contributed by atoms with Gasteiger partial charge in [-0.25, -0.2) is 0 Å². The number of benzene rings is 1. The normalized spacial score (nSPS) is 11.3. The van der Waals surface area contributed by atoms with Gasteiger partial charge in [-0.3, -0.25) is 4.68 Å². The zero-order valence-electron chi connectivity index (χ0n) is 11.7. The Labute approximate surface area is 122 Å². The maximum Gasteiger partial charge on any atom is 0.0512 e. The quantitative estimate of drug-likeness (QED) is 0.592. The number of aromatic nitrogens is 3. The molecule has 0 radical (unpaired) electrons. The summed E-state index contributed by atoms with van der Waals surface area (Å²) in [5.74, 6) is 0. The summed E-state index contributed by atoms with van der Waals surface area (Å²) in [7, 11) is 1.98. The van der Waals surface area contributed by atoms with Crippen LogP contribution in [-0.4, -0.2) is 20.6 Å². The van der Waals surface area contributed by atoms with E-state index in [0.717, 1.165) is 18.7 Å². The number of thioether (sulfide) groups is 1. The summed E-state index contributed by atoms with van der Waals surface area (Å²) in [6, 6.07) is 8.33. The molecule has 20 heavy (non-hydrogen) atoms. The molecule has 0 aliphatic heterocycles. The zero-order valence-corrected chi connectivity index (χ0v) is 12.5. The number of nitrogens with two attached hydrogens (primary N) is 1. The Morgan fingerprint density at radius 1 is 1.30 bits per heavy atom. The molecule has 3 rings (SSSR count). The van der Waals surface area contributed by atoms with Crippen LogP contribution in [0.15, 0.2) is 41.6 Å². The number of fused-ring (bicyclic) bond motifs is 1. The highest BCUT2D eigenvalue weighted by Crippen LogP contribution is 2.30. The average Bonchev–Trinajstić information content (AvgIpc) is 3.02. The number of aryl methyl sites for hydroxylation is 3. The van der Waals surface area contributed by atoms with Crippen LogP contribution in [0.2, 0.25) is 0 Å². The molecule has 2 aromatic heterocycles. The molecule has 0 bridgehead atoms. The number of nitrogens with zero attached hydrogens (tertiary/aromatic N) is 3. The lowest BCUT2D eigenvalue weighted by Gasteiger charge is -2.08. The topological polar surface area (TPSA) is 48.8 Å². The van der Waals surface area contributed by atoms with Gasteiger partial charge in [0.25, 0.3) is 0 Å². The molecule has 4 nitrogen and oxygen atoms in total. The minimum absolute atomic E-state index is 0.822. The first-order valence-electron chi connectivity index (χ1n) is 6.58. The van der Waals surface area contributed by atoms with E-state index >= 15 is 0 Å². The maximum atomic E-state index is 6.00. The van der Waals surface area contributed by atoms with Gasteiger partial charge in [0.2, 0.25) is 0 Å². The zero-order chi connectivity index (χ0) is 14.1. The molecular weight excluding hydrogens is 268 g/mol. The molecule has 0 saturated heterocycles. The Kier molecular flexibility index (Phi) is 3.44. The highest BCUT2D eigenvalue weighted by Gasteiger charge is 2.07. The third-order valence-electron chi connectivity index (χ3n) is 3.62. The largest absolute Gasteiger partial charge is 0.399 e. The molecule has 104 valence electrons. The number of rotatable bonds is 4. The van der Waals surface area contributed by atoms with Crippen molar-refractivity contribution < 1.29 is 0 Å². The van der Waals surface area contributed by atoms with Crippen LogP contribution >= 0.6 is 11.8 Å². The molecule has 0 aliphatic rings. The summed E-state index contributed by atoms with van der Waals surface area (Å²) in [6.07, 6.45) is 7.03. The molecule has 0 unspecified atom stereocenters. The number of hydrogen-bond acceptors (Lipinski definition) is 3. The van der Waals surface area contributed by atoms with Crippen molar-refractivity contribution in [1.82, 2.24) is 14.3 Å². The monoisotopic (exact) mass is 286 g/mol. The van der Waals surface area contributed by atoms with Crippen molar-refractivity contribution >= 4 is 28.4 Å². The Balaban J connectivity index is 1.92. The van der Waals surface area contributed by atoms with Gasteiger partial charge in [0.05, 0.1) is 5.52 Å². The van der Waals surface area contributed by atoms with Crippen LogP contribution in [0.5, 0.6) is 0 Å². The van der Waals surface area contributed by atoms with E-state index < -0.39 is 0 Å². The van der Waals surface area contributed by atoms with Crippen LogP contribution in [0, 0.1) is 0 Å². The predicted octanol–water partition coefficient (Wildman–Crippen LogP) is 2.92. The van der Waals surface area contributed by atoms with E-state index in [1.54, 1.807) is 11.8 Å². The Bertz CT molecular complexity index is 741. The van der Waals surface area contributed by atoms with Crippen LogP contribution in [-0.2, 0) is 20.0 Å². The second-order valence-corrected chi connectivity index (χ2v) is 5.71. The second-order valence-electron chi connectivity index (χ2n) is 4.86. The summed E-state index contributed by atoms with van der Waals surface area (Å²) >= 11 is 1.74. The summed E-state index contributed by atoms with van der Waals surface area (Å²) in [6.45, 7) is 0.931. The van der Waals surface area contributed by atoms with E-state index in [-0.39, 0.29) is 0 Å². The second kappa shape index (κ2) is 5.25. The van der Waals surface area contributed by atoms with Crippen molar-refractivity contribution in [2.45, 2.75) is 17.9 Å². The molecule has 3 aromatic rings. The van der Waals surface area contributed by atoms with Gasteiger partial charge in [-0.05, 0) is 30.5 Å². The van der Waals surface area contributed by atoms with Crippen molar-refractivity contribution in [3.63, 3.8) is 0 Å². The van der Waals surface area contributed by atoms with Crippen molar-refractivity contribution in [2.24, 2.45) is 7.05 Å². The molecule has 0 fully saturated rings. The van der Waals surface area contributed by atoms with E-state index in [0.29, 0.717) is 0 Å². The van der Waals surface area contributed by atoms with Crippen molar-refractivity contribution in [1.29, 1.82) is 0 Å². The SMILES string of the molecule is CSc1cc(N)cc2c1ccn2CCc1ccnn1C. The number of anilines is 1. The van der Waals surface area contributed by atoms with Crippen molar-refractivity contribution in [2.75, 3.05) is 12.0 Å². The fourth-order valence-electron chi connectivity index (χ4n) is 2.53. The van der Waals surface area contributed by atoms with Crippen LogP contribution < -0.4 is 5.73 Å². The van der Waals surface area contributed by atoms with Crippen molar-refractivity contribution in [3.05, 3.63) is 42.4 Å². The maximum absolute atomic E-state index is 6.00. The highest BCUT2D eigenvalue weighted by atomic mass is 32.2. The van der Waals surface area contributed by atoms with Gasteiger partial charge < -0.3 is 10.3 Å². The van der Waals surface area contributed by atoms with Gasteiger partial charge in [-0.1, -0.05) is 0 Å². The summed E-state index contributed by atoms with van der Waals surface area (Å²) in [5, 5.41) is 5.48. The molecule has 0 spiro atoms. The fraction of sp³-hybridized carbons (Fsp3) is 0.267. The molecule has 2 heterocycles. The molecular formula is C15H18N4S. The number of hydrogen-bond donors (Lipinski definition) is 1. The molecule has 2 N–H and O–H groups in total. The van der Waals surface area contributed by atoms with E-state index in [1.807, 2.05) is 24.0 Å². The summed E-state index contributed by atoms with van der Waals surface area (Å²) in [5.41, 5.74) is 9.27. The van der Waals surface area contributed by atoms with E-state index in [2.05, 4.69) is 40.3 Å². The van der Waals surface area contributed by atoms with Gasteiger partial charge in [0.1, 0.15) is 0 Å². The van der Waals surface area contributed by atoms with Crippen LogP contribution in [0.3, 0.4) is 0 Å². The number of nitrogen functional groups attached to an aromatic ring is 1. The lowest BCUT2D eigenvalue weighted by atomic mass is 10.2. The molecule has 5 heteroatoms. The Morgan fingerprint density at radius 3 is 2.85 bits per heavy atom. The van der Waals surface area contributed by atoms with Crippen molar-refractivity contribution in [3.8, 4) is 0 Å². The van der Waals surface area contributed by atoms with Crippen LogP contribution in [0.4, 0.5) is 5.69 Å². The minimum Gasteiger partial charge on any atom is -0.399 e. The van der Waals surface area contributed by atoms with Crippen LogP contribution in [0.1, 0.15) is 5.69 Å². The molecule has 0 atom stereocenters. The Morgan fingerprint density at radius 2 is 2.15 bits per heavy atom. The van der Waals surface area contributed by atoms with E-state index in [9.17, 15) is 0 Å². The molecule has 1 aromatic carbocycles. The van der Waals surface area contributed by atoms with Gasteiger partial charge in [-0.2, -0.15) is 5.10 Å². The van der Waals surface area contributed by atoms with E-state index in [4.69, 9.17) is 5.73 Å². The van der Waals surface area contributed by atoms with Gasteiger partial charge in [-0.15, -0.1) is 11.8 Å². The predicted molar refractivity (Wildman–Crippen MR) is 85.0 cm³/mol. The van der Waals surface area contributed by atoms with Gasteiger partial charge >= 0.3 is 0 Å². The summed E-state index contributed by atoms with van der Waals surface area (Å²) in [4.78, 5) is 1.24. The van der Waals surface area contributed by atoms with Gasteiger partial charge in [0, 0.05) is 54.1 Å². The first kappa shape index (κ1) is 13.1. The van der Waals surface area contributed by atoms with Gasteiger partial charge in [0.15, 0.2) is 0 Å². The fourth-order valence-corrected chi connectivity index (χ4v) is 3.17. The van der Waals surface area contributed by atoms with Crippen LogP contribution in [0.25, 0.3) is 10.9 Å². The molecule has 0 saturated carbocycles. The minimum atomic E-state index is 0.822. The first-order valence-corrected chi connectivity index (χ1v) is 7.81. The smallest absolute Gasteiger partial charge is 0.0512 e. The van der Waals surface area contributed by atoms with E-state index in [1.165, 1.54) is 21.5 Å². The third-order valence-corrected chi connectivity index (χ3v) is 4.40. The average molecular weight is 286 g/mol. The summed E-state index contributed by atoms with van der Waals surface area (Å²) < 4.78 is 4.19. The first-order chi connectivity index (χ1) is 9.69.